The van der Waals surface area contributed by atoms with Crippen LogP contribution in [0.25, 0.3) is 0 Å². The molecule has 1 unspecified atom stereocenters. The van der Waals surface area contributed by atoms with Gasteiger partial charge in [-0.2, -0.15) is 12.6 Å². The number of amides is 1. The summed E-state index contributed by atoms with van der Waals surface area (Å²) in [4.78, 5) is 11.7. The number of hydrogen-bond acceptors (Lipinski definition) is 3. The van der Waals surface area contributed by atoms with Gasteiger partial charge in [0.1, 0.15) is 5.60 Å². The highest BCUT2D eigenvalue weighted by Crippen LogP contribution is 2.39. The molecule has 0 rings (SSSR count). The lowest BCUT2D eigenvalue weighted by molar-refractivity contribution is 0.0523. The third kappa shape index (κ3) is 10.4. The van der Waals surface area contributed by atoms with Crippen molar-refractivity contribution in [2.75, 3.05) is 12.3 Å². The molecule has 4 heteroatoms. The summed E-state index contributed by atoms with van der Waals surface area (Å²) in [6, 6.07) is 0. The smallest absolute Gasteiger partial charge is 0.407 e. The van der Waals surface area contributed by atoms with Gasteiger partial charge in [-0.15, -0.1) is 0 Å². The molecule has 0 radical (unpaired) electrons. The van der Waals surface area contributed by atoms with Crippen LogP contribution < -0.4 is 5.32 Å². The fourth-order valence-electron chi connectivity index (χ4n) is 3.04. The number of carbonyl (C=O) groups is 1. The molecule has 0 fully saturated rings. The van der Waals surface area contributed by atoms with Crippen LogP contribution in [0.3, 0.4) is 0 Å². The molecule has 0 aliphatic rings. The Morgan fingerprint density at radius 1 is 1.00 bits per heavy atom. The normalized spacial score (nSPS) is 14.5. The molecule has 0 spiro atoms. The molecule has 0 aromatic carbocycles. The predicted molar refractivity (Wildman–Crippen MR) is 98.8 cm³/mol. The number of unbranched alkanes of at least 4 members (excludes halogenated alkanes) is 1. The second-order valence-electron chi connectivity index (χ2n) is 7.36. The fourth-order valence-corrected chi connectivity index (χ4v) is 3.51. The second-order valence-corrected chi connectivity index (χ2v) is 7.81. The molecule has 1 atom stereocenters. The molecule has 3 nitrogen and oxygen atoms in total. The van der Waals surface area contributed by atoms with E-state index in [0.717, 1.165) is 18.6 Å². The standard InChI is InChI=1S/C18H37NO2S/c1-6-8-11-18(10-7-2,13-15-22)12-9-14-19-16(20)21-17(3,4)5/h22H,6-15H2,1-5H3,(H,19,20). The van der Waals surface area contributed by atoms with E-state index in [2.05, 4.69) is 31.8 Å². The molecule has 0 bridgehead atoms. The van der Waals surface area contributed by atoms with Crippen LogP contribution in [0.5, 0.6) is 0 Å². The van der Waals surface area contributed by atoms with Gasteiger partial charge in [0.05, 0.1) is 0 Å². The van der Waals surface area contributed by atoms with Crippen LogP contribution in [0, 0.1) is 5.41 Å². The molecule has 0 heterocycles. The molecule has 132 valence electrons. The molecule has 1 N–H and O–H groups in total. The Balaban J connectivity index is 4.29. The minimum Gasteiger partial charge on any atom is -0.444 e. The Morgan fingerprint density at radius 2 is 1.64 bits per heavy atom. The number of carbonyl (C=O) groups excluding carboxylic acids is 1. The minimum absolute atomic E-state index is 0.309. The Kier molecular flexibility index (Phi) is 11.0. The summed E-state index contributed by atoms with van der Waals surface area (Å²) in [6.07, 6.45) is 9.34. The quantitative estimate of drug-likeness (QED) is 0.383. The van der Waals surface area contributed by atoms with E-state index in [0.29, 0.717) is 12.0 Å². The van der Waals surface area contributed by atoms with Crippen molar-refractivity contribution >= 4 is 18.7 Å². The van der Waals surface area contributed by atoms with Crippen molar-refractivity contribution < 1.29 is 9.53 Å². The lowest BCUT2D eigenvalue weighted by Crippen LogP contribution is -2.33. The summed E-state index contributed by atoms with van der Waals surface area (Å²) >= 11 is 4.46. The molecule has 0 aliphatic carbocycles. The van der Waals surface area contributed by atoms with E-state index in [-0.39, 0.29) is 6.09 Å². The van der Waals surface area contributed by atoms with Crippen molar-refractivity contribution in [3.63, 3.8) is 0 Å². The molecule has 1 amide bonds. The van der Waals surface area contributed by atoms with Gasteiger partial charge >= 0.3 is 6.09 Å². The summed E-state index contributed by atoms with van der Waals surface area (Å²) < 4.78 is 5.27. The van der Waals surface area contributed by atoms with Gasteiger partial charge in [-0.1, -0.05) is 33.1 Å². The van der Waals surface area contributed by atoms with Crippen LogP contribution in [0.4, 0.5) is 4.79 Å². The summed E-state index contributed by atoms with van der Waals surface area (Å²) in [5, 5.41) is 2.87. The summed E-state index contributed by atoms with van der Waals surface area (Å²) in [5.41, 5.74) is -0.0225. The third-order valence-corrected chi connectivity index (χ3v) is 4.26. The minimum atomic E-state index is -0.427. The molecular weight excluding hydrogens is 294 g/mol. The van der Waals surface area contributed by atoms with Crippen LogP contribution >= 0.6 is 12.6 Å². The number of hydrogen-bond donors (Lipinski definition) is 2. The molecule has 0 saturated heterocycles. The lowest BCUT2D eigenvalue weighted by Gasteiger charge is -2.34. The highest BCUT2D eigenvalue weighted by molar-refractivity contribution is 7.80. The molecule has 0 aliphatic heterocycles. The molecule has 0 aromatic heterocycles. The molecule has 0 aromatic rings. The number of thiol groups is 1. The number of ether oxygens (including phenoxy) is 1. The average molecular weight is 332 g/mol. The first-order valence-electron chi connectivity index (χ1n) is 8.86. The Morgan fingerprint density at radius 3 is 2.14 bits per heavy atom. The maximum atomic E-state index is 11.7. The Hall–Kier alpha value is -0.380. The van der Waals surface area contributed by atoms with Crippen molar-refractivity contribution in [1.29, 1.82) is 0 Å². The van der Waals surface area contributed by atoms with Gasteiger partial charge in [-0.25, -0.2) is 4.79 Å². The molecular formula is C18H37NO2S. The van der Waals surface area contributed by atoms with E-state index in [1.165, 1.54) is 38.5 Å². The van der Waals surface area contributed by atoms with E-state index in [1.54, 1.807) is 0 Å². The SMILES string of the molecule is CCCCC(CCC)(CCS)CCCNC(=O)OC(C)(C)C. The maximum absolute atomic E-state index is 11.7. The Labute approximate surface area is 143 Å². The zero-order chi connectivity index (χ0) is 17.1. The van der Waals surface area contributed by atoms with Crippen molar-refractivity contribution in [2.24, 2.45) is 5.41 Å². The van der Waals surface area contributed by atoms with Gasteiger partial charge in [0, 0.05) is 6.54 Å². The van der Waals surface area contributed by atoms with Gasteiger partial charge in [0.2, 0.25) is 0 Å². The summed E-state index contributed by atoms with van der Waals surface area (Å²) in [5.74, 6) is 0.948. The topological polar surface area (TPSA) is 38.3 Å². The highest BCUT2D eigenvalue weighted by Gasteiger charge is 2.27. The van der Waals surface area contributed by atoms with Crippen molar-refractivity contribution in [2.45, 2.75) is 91.6 Å². The highest BCUT2D eigenvalue weighted by atomic mass is 32.1. The summed E-state index contributed by atoms with van der Waals surface area (Å²) in [7, 11) is 0. The van der Waals surface area contributed by atoms with Gasteiger partial charge in [0.25, 0.3) is 0 Å². The molecule has 0 saturated carbocycles. The number of alkyl carbamates (subject to hydrolysis) is 1. The number of rotatable bonds is 11. The fraction of sp³-hybridized carbons (Fsp3) is 0.944. The van der Waals surface area contributed by atoms with Crippen LogP contribution in [-0.4, -0.2) is 24.0 Å². The van der Waals surface area contributed by atoms with Gasteiger partial charge in [-0.05, 0) is 64.0 Å². The first kappa shape index (κ1) is 21.6. The van der Waals surface area contributed by atoms with E-state index in [4.69, 9.17) is 4.74 Å². The van der Waals surface area contributed by atoms with Gasteiger partial charge < -0.3 is 10.1 Å². The largest absolute Gasteiger partial charge is 0.444 e. The monoisotopic (exact) mass is 331 g/mol. The van der Waals surface area contributed by atoms with Crippen LogP contribution in [0.2, 0.25) is 0 Å². The first-order valence-corrected chi connectivity index (χ1v) is 9.49. The van der Waals surface area contributed by atoms with E-state index < -0.39 is 5.60 Å². The van der Waals surface area contributed by atoms with Crippen molar-refractivity contribution in [3.05, 3.63) is 0 Å². The van der Waals surface area contributed by atoms with E-state index in [1.807, 2.05) is 20.8 Å². The van der Waals surface area contributed by atoms with Crippen molar-refractivity contribution in [3.8, 4) is 0 Å². The van der Waals surface area contributed by atoms with Gasteiger partial charge in [0.15, 0.2) is 0 Å². The zero-order valence-electron chi connectivity index (χ0n) is 15.3. The lowest BCUT2D eigenvalue weighted by atomic mass is 9.73. The summed E-state index contributed by atoms with van der Waals surface area (Å²) in [6.45, 7) is 10.9. The van der Waals surface area contributed by atoms with Crippen molar-refractivity contribution in [1.82, 2.24) is 5.32 Å². The molecule has 22 heavy (non-hydrogen) atoms. The first-order chi connectivity index (χ1) is 10.3. The van der Waals surface area contributed by atoms with E-state index >= 15 is 0 Å². The second kappa shape index (κ2) is 11.2. The van der Waals surface area contributed by atoms with Gasteiger partial charge in [-0.3, -0.25) is 0 Å². The van der Waals surface area contributed by atoms with Crippen LogP contribution in [-0.2, 0) is 4.74 Å². The Bertz CT molecular complexity index is 294. The van der Waals surface area contributed by atoms with Crippen LogP contribution in [0.1, 0.15) is 86.0 Å². The van der Waals surface area contributed by atoms with E-state index in [9.17, 15) is 4.79 Å². The maximum Gasteiger partial charge on any atom is 0.407 e. The third-order valence-electron chi connectivity index (χ3n) is 4.04. The van der Waals surface area contributed by atoms with Crippen LogP contribution in [0.15, 0.2) is 0 Å². The zero-order valence-corrected chi connectivity index (χ0v) is 16.2. The average Bonchev–Trinajstić information content (AvgIpc) is 2.40. The predicted octanol–water partition coefficient (Wildman–Crippen LogP) is 5.59. The number of nitrogens with one attached hydrogen (secondary N) is 1.